The lowest BCUT2D eigenvalue weighted by Gasteiger charge is -2.27. The third-order valence-electron chi connectivity index (χ3n) is 7.44. The number of rotatable bonds is 9. The number of ether oxygens (including phenoxy) is 1. The molecule has 212 valence electrons. The highest BCUT2D eigenvalue weighted by atomic mass is 32.2. The van der Waals surface area contributed by atoms with Crippen LogP contribution in [0, 0.1) is 0 Å². The van der Waals surface area contributed by atoms with Crippen molar-refractivity contribution < 1.29 is 13.7 Å². The third-order valence-corrected chi connectivity index (χ3v) is 8.50. The van der Waals surface area contributed by atoms with E-state index in [-0.39, 0.29) is 11.9 Å². The molecule has 0 spiro atoms. The summed E-state index contributed by atoms with van der Waals surface area (Å²) in [5.41, 5.74) is 5.60. The van der Waals surface area contributed by atoms with Crippen LogP contribution in [0.2, 0.25) is 0 Å². The van der Waals surface area contributed by atoms with Crippen molar-refractivity contribution in [3.05, 3.63) is 79.1 Å². The number of hydrogen-bond acceptors (Lipinski definition) is 7. The number of nitrogens with zero attached hydrogens (tertiary/aromatic N) is 4. The van der Waals surface area contributed by atoms with Gasteiger partial charge in [0.15, 0.2) is 0 Å². The van der Waals surface area contributed by atoms with Gasteiger partial charge < -0.3 is 29.6 Å². The fourth-order valence-corrected chi connectivity index (χ4v) is 6.32. The molecule has 2 aliphatic heterocycles. The minimum atomic E-state index is -1.30. The van der Waals surface area contributed by atoms with Crippen molar-refractivity contribution in [2.24, 2.45) is 0 Å². The molecular formula is C30H33N7O3S. The van der Waals surface area contributed by atoms with Gasteiger partial charge in [-0.05, 0) is 54.0 Å². The van der Waals surface area contributed by atoms with E-state index >= 15 is 0 Å². The van der Waals surface area contributed by atoms with Gasteiger partial charge in [0.1, 0.15) is 28.8 Å². The lowest BCUT2D eigenvalue weighted by atomic mass is 10.1. The van der Waals surface area contributed by atoms with E-state index in [2.05, 4.69) is 59.6 Å². The summed E-state index contributed by atoms with van der Waals surface area (Å²) in [6.45, 7) is 8.13. The Bertz CT molecular complexity index is 1570. The smallest absolute Gasteiger partial charge is 0.243 e. The Morgan fingerprint density at radius 2 is 1.93 bits per heavy atom. The van der Waals surface area contributed by atoms with Crippen LogP contribution >= 0.6 is 0 Å². The zero-order chi connectivity index (χ0) is 28.2. The van der Waals surface area contributed by atoms with E-state index in [4.69, 9.17) is 4.74 Å². The van der Waals surface area contributed by atoms with Crippen molar-refractivity contribution in [3.63, 3.8) is 0 Å². The molecule has 2 unspecified atom stereocenters. The minimum Gasteiger partial charge on any atom is -0.378 e. The molecule has 2 atom stereocenters. The first-order valence-electron chi connectivity index (χ1n) is 13.7. The number of benzene rings is 2. The largest absolute Gasteiger partial charge is 0.378 e. The zero-order valence-corrected chi connectivity index (χ0v) is 23.5. The fraction of sp³-hybridized carbons (Fsp3) is 0.300. The first-order chi connectivity index (χ1) is 20.1. The standard InChI is InChI=1S/C30H33N7O3S/c1-2-28(38)33-24-10-11-37(18-24)25-5-3-4-21(16-25)19-41(39)35-23-8-6-22(7-9-23)27-17-26-29(34-27)31-20-32-30(26)36-12-14-40-15-13-36/h2-9,16-17,20,24,35H,1,10-15,18-19H2,(H,33,38)(H,31,32,34). The molecule has 10 nitrogen and oxygen atoms in total. The number of aromatic amines is 1. The van der Waals surface area contributed by atoms with Gasteiger partial charge in [-0.25, -0.2) is 14.2 Å². The maximum absolute atomic E-state index is 13.0. The number of H-pyrrole nitrogens is 1. The second kappa shape index (κ2) is 12.1. The zero-order valence-electron chi connectivity index (χ0n) is 22.7. The van der Waals surface area contributed by atoms with Gasteiger partial charge in [0.25, 0.3) is 0 Å². The van der Waals surface area contributed by atoms with E-state index in [0.29, 0.717) is 19.0 Å². The van der Waals surface area contributed by atoms with Gasteiger partial charge >= 0.3 is 0 Å². The van der Waals surface area contributed by atoms with E-state index in [1.54, 1.807) is 6.33 Å². The van der Waals surface area contributed by atoms with Crippen LogP contribution in [-0.2, 0) is 26.3 Å². The average Bonchev–Trinajstić information content (AvgIpc) is 3.65. The Morgan fingerprint density at radius 1 is 1.10 bits per heavy atom. The molecule has 2 saturated heterocycles. The molecule has 2 aromatic carbocycles. The van der Waals surface area contributed by atoms with Crippen LogP contribution in [0.1, 0.15) is 12.0 Å². The number of hydrogen-bond donors (Lipinski definition) is 3. The van der Waals surface area contributed by atoms with E-state index in [9.17, 15) is 9.00 Å². The Labute approximate surface area is 241 Å². The van der Waals surface area contributed by atoms with Crippen LogP contribution in [0.3, 0.4) is 0 Å². The van der Waals surface area contributed by atoms with Gasteiger partial charge in [-0.3, -0.25) is 4.79 Å². The SMILES string of the molecule is C=CC(=O)NC1CCN(c2cccc(CS(=O)Nc3ccc(-c4cc5c(N6CCOCC6)ncnc5[nH]4)cc3)c2)C1. The Hall–Kier alpha value is -4.22. The predicted octanol–water partition coefficient (Wildman–Crippen LogP) is 3.62. The Morgan fingerprint density at radius 3 is 2.73 bits per heavy atom. The number of amides is 1. The maximum atomic E-state index is 13.0. The molecule has 1 amide bonds. The first-order valence-corrected chi connectivity index (χ1v) is 15.1. The fourth-order valence-electron chi connectivity index (χ4n) is 5.36. The van der Waals surface area contributed by atoms with Crippen LogP contribution in [0.5, 0.6) is 0 Å². The second-order valence-electron chi connectivity index (χ2n) is 10.2. The van der Waals surface area contributed by atoms with E-state index in [1.165, 1.54) is 6.08 Å². The molecular weight excluding hydrogens is 538 g/mol. The molecule has 2 fully saturated rings. The summed E-state index contributed by atoms with van der Waals surface area (Å²) < 4.78 is 21.6. The van der Waals surface area contributed by atoms with Gasteiger partial charge in [0.2, 0.25) is 5.91 Å². The minimum absolute atomic E-state index is 0.104. The molecule has 3 N–H and O–H groups in total. The monoisotopic (exact) mass is 571 g/mol. The highest BCUT2D eigenvalue weighted by Crippen LogP contribution is 2.30. The summed E-state index contributed by atoms with van der Waals surface area (Å²) in [6, 6.07) is 18.2. The maximum Gasteiger partial charge on any atom is 0.243 e. The molecule has 0 saturated carbocycles. The summed E-state index contributed by atoms with van der Waals surface area (Å²) >= 11 is 0. The van der Waals surface area contributed by atoms with Gasteiger partial charge in [-0.2, -0.15) is 0 Å². The van der Waals surface area contributed by atoms with Crippen LogP contribution in [0.4, 0.5) is 17.2 Å². The van der Waals surface area contributed by atoms with E-state index < -0.39 is 11.0 Å². The lowest BCUT2D eigenvalue weighted by molar-refractivity contribution is -0.117. The average molecular weight is 572 g/mol. The van der Waals surface area contributed by atoms with E-state index in [0.717, 1.165) is 77.6 Å². The summed E-state index contributed by atoms with van der Waals surface area (Å²) in [6.07, 6.45) is 3.78. The van der Waals surface area contributed by atoms with Crippen molar-refractivity contribution in [2.75, 3.05) is 53.9 Å². The lowest BCUT2D eigenvalue weighted by Crippen LogP contribution is -2.36. The topological polar surface area (TPSA) is 115 Å². The molecule has 41 heavy (non-hydrogen) atoms. The molecule has 4 heterocycles. The molecule has 2 aliphatic rings. The molecule has 11 heteroatoms. The summed E-state index contributed by atoms with van der Waals surface area (Å²) in [4.78, 5) is 28.5. The number of morpholine rings is 1. The van der Waals surface area contributed by atoms with E-state index in [1.807, 2.05) is 36.4 Å². The summed E-state index contributed by atoms with van der Waals surface area (Å²) in [5.74, 6) is 1.15. The number of fused-ring (bicyclic) bond motifs is 1. The molecule has 6 rings (SSSR count). The molecule has 0 aliphatic carbocycles. The van der Waals surface area contributed by atoms with Gasteiger partial charge in [0, 0.05) is 49.3 Å². The normalized spacial score (nSPS) is 17.9. The highest BCUT2D eigenvalue weighted by Gasteiger charge is 2.24. The van der Waals surface area contributed by atoms with Crippen molar-refractivity contribution in [1.82, 2.24) is 20.3 Å². The summed E-state index contributed by atoms with van der Waals surface area (Å²) in [5, 5.41) is 3.96. The van der Waals surface area contributed by atoms with Gasteiger partial charge in [-0.1, -0.05) is 30.8 Å². The molecule has 0 radical (unpaired) electrons. The van der Waals surface area contributed by atoms with Crippen molar-refractivity contribution >= 4 is 45.1 Å². The highest BCUT2D eigenvalue weighted by molar-refractivity contribution is 7.85. The van der Waals surface area contributed by atoms with Crippen LogP contribution in [-0.4, -0.2) is 70.5 Å². The van der Waals surface area contributed by atoms with Gasteiger partial charge in [-0.15, -0.1) is 0 Å². The van der Waals surface area contributed by atoms with Crippen molar-refractivity contribution in [3.8, 4) is 11.3 Å². The van der Waals surface area contributed by atoms with Crippen LogP contribution in [0.25, 0.3) is 22.3 Å². The van der Waals surface area contributed by atoms with Crippen molar-refractivity contribution in [2.45, 2.75) is 18.2 Å². The first kappa shape index (κ1) is 27.0. The summed E-state index contributed by atoms with van der Waals surface area (Å²) in [7, 11) is -1.30. The Balaban J connectivity index is 1.08. The molecule has 0 bridgehead atoms. The second-order valence-corrected chi connectivity index (χ2v) is 11.4. The van der Waals surface area contributed by atoms with Gasteiger partial charge in [0.05, 0.1) is 24.4 Å². The number of aromatic nitrogens is 3. The number of carbonyl (C=O) groups is 1. The predicted molar refractivity (Wildman–Crippen MR) is 163 cm³/mol. The third kappa shape index (κ3) is 6.26. The Kier molecular flexibility index (Phi) is 7.97. The number of nitrogens with one attached hydrogen (secondary N) is 3. The molecule has 2 aromatic heterocycles. The molecule has 4 aromatic rings. The quantitative estimate of drug-likeness (QED) is 0.263. The van der Waals surface area contributed by atoms with Crippen LogP contribution in [0.15, 0.2) is 73.6 Å². The number of carbonyl (C=O) groups excluding carboxylic acids is 1. The van der Waals surface area contributed by atoms with Crippen molar-refractivity contribution in [1.29, 1.82) is 0 Å². The van der Waals surface area contributed by atoms with Crippen LogP contribution < -0.4 is 19.8 Å². The number of anilines is 3.